The van der Waals surface area contributed by atoms with Crippen molar-refractivity contribution in [3.63, 3.8) is 0 Å². The molecule has 0 unspecified atom stereocenters. The summed E-state index contributed by atoms with van der Waals surface area (Å²) in [5.41, 5.74) is 3.13. The first-order valence-electron chi connectivity index (χ1n) is 7.23. The molecule has 1 aromatic carbocycles. The molecule has 0 radical (unpaired) electrons. The molecule has 116 valence electrons. The predicted octanol–water partition coefficient (Wildman–Crippen LogP) is 4.47. The van der Waals surface area contributed by atoms with E-state index in [2.05, 4.69) is 45.4 Å². The number of amides is 1. The summed E-state index contributed by atoms with van der Waals surface area (Å²) >= 11 is 3.45. The minimum absolute atomic E-state index is 0.213. The van der Waals surface area contributed by atoms with Gasteiger partial charge in [-0.3, -0.25) is 9.78 Å². The number of halogens is 1. The van der Waals surface area contributed by atoms with Gasteiger partial charge in [-0.15, -0.1) is 0 Å². The van der Waals surface area contributed by atoms with Crippen LogP contribution in [-0.4, -0.2) is 17.4 Å². The maximum Gasteiger partial charge on any atom is 0.274 e. The molecule has 0 bridgehead atoms. The predicted molar refractivity (Wildman–Crippen MR) is 94.4 cm³/mol. The standard InChI is InChI=1S/C17H20BrN3O/c1-11(2)10-20-13-6-7-19-16(9-13)17(22)21-14-4-5-15(18)12(3)8-14/h4-9,11H,10H2,1-3H3,(H,19,20)(H,21,22). The molecular weight excluding hydrogens is 342 g/mol. The SMILES string of the molecule is Cc1cc(NC(=O)c2cc(NCC(C)C)ccn2)ccc1Br. The summed E-state index contributed by atoms with van der Waals surface area (Å²) in [4.78, 5) is 16.4. The average Bonchev–Trinajstić information content (AvgIpc) is 2.49. The number of nitrogens with zero attached hydrogens (tertiary/aromatic N) is 1. The number of benzene rings is 1. The van der Waals surface area contributed by atoms with Gasteiger partial charge in [0.05, 0.1) is 0 Å². The Kier molecular flexibility index (Phi) is 5.55. The first kappa shape index (κ1) is 16.5. The fourth-order valence-corrected chi connectivity index (χ4v) is 2.15. The van der Waals surface area contributed by atoms with E-state index < -0.39 is 0 Å². The zero-order chi connectivity index (χ0) is 16.1. The van der Waals surface area contributed by atoms with Gasteiger partial charge in [-0.2, -0.15) is 0 Å². The van der Waals surface area contributed by atoms with Crippen LogP contribution >= 0.6 is 15.9 Å². The maximum atomic E-state index is 12.3. The zero-order valence-electron chi connectivity index (χ0n) is 13.0. The van der Waals surface area contributed by atoms with Crippen molar-refractivity contribution < 1.29 is 4.79 Å². The fourth-order valence-electron chi connectivity index (χ4n) is 1.90. The van der Waals surface area contributed by atoms with Crippen LogP contribution in [0.2, 0.25) is 0 Å². The van der Waals surface area contributed by atoms with Gasteiger partial charge in [-0.05, 0) is 48.7 Å². The lowest BCUT2D eigenvalue weighted by Gasteiger charge is -2.10. The molecule has 4 nitrogen and oxygen atoms in total. The number of aromatic nitrogens is 1. The Labute approximate surface area is 139 Å². The van der Waals surface area contributed by atoms with Crippen molar-refractivity contribution in [1.29, 1.82) is 0 Å². The van der Waals surface area contributed by atoms with E-state index in [-0.39, 0.29) is 5.91 Å². The van der Waals surface area contributed by atoms with Crippen LogP contribution in [0.4, 0.5) is 11.4 Å². The quantitative estimate of drug-likeness (QED) is 0.825. The molecule has 0 saturated carbocycles. The van der Waals surface area contributed by atoms with Crippen molar-refractivity contribution in [3.05, 3.63) is 52.3 Å². The molecule has 1 aromatic heterocycles. The van der Waals surface area contributed by atoms with Crippen LogP contribution < -0.4 is 10.6 Å². The number of anilines is 2. The highest BCUT2D eigenvalue weighted by molar-refractivity contribution is 9.10. The van der Waals surface area contributed by atoms with Crippen LogP contribution in [0.15, 0.2) is 41.0 Å². The first-order valence-corrected chi connectivity index (χ1v) is 8.02. The Morgan fingerprint density at radius 1 is 1.23 bits per heavy atom. The van der Waals surface area contributed by atoms with Gasteiger partial charge in [0.1, 0.15) is 5.69 Å². The van der Waals surface area contributed by atoms with Crippen molar-refractivity contribution in [2.24, 2.45) is 5.92 Å². The van der Waals surface area contributed by atoms with Crippen LogP contribution in [0.25, 0.3) is 0 Å². The fraction of sp³-hybridized carbons (Fsp3) is 0.294. The molecule has 0 aliphatic rings. The molecule has 2 N–H and O–H groups in total. The molecular formula is C17H20BrN3O. The molecule has 1 amide bonds. The largest absolute Gasteiger partial charge is 0.385 e. The Hall–Kier alpha value is -1.88. The number of carbonyl (C=O) groups excluding carboxylic acids is 1. The first-order chi connectivity index (χ1) is 10.5. The topological polar surface area (TPSA) is 54.0 Å². The highest BCUT2D eigenvalue weighted by Gasteiger charge is 2.09. The number of nitrogens with one attached hydrogen (secondary N) is 2. The minimum atomic E-state index is -0.213. The van der Waals surface area contributed by atoms with Crippen LogP contribution in [-0.2, 0) is 0 Å². The van der Waals surface area contributed by atoms with Crippen LogP contribution in [0.3, 0.4) is 0 Å². The maximum absolute atomic E-state index is 12.3. The molecule has 22 heavy (non-hydrogen) atoms. The van der Waals surface area contributed by atoms with Crippen LogP contribution in [0.1, 0.15) is 29.9 Å². The van der Waals surface area contributed by atoms with E-state index in [0.29, 0.717) is 11.6 Å². The molecule has 0 fully saturated rings. The molecule has 0 aliphatic heterocycles. The van der Waals surface area contributed by atoms with Crippen molar-refractivity contribution >= 4 is 33.2 Å². The number of hydrogen-bond donors (Lipinski definition) is 2. The van der Waals surface area contributed by atoms with Gasteiger partial charge in [0, 0.05) is 28.6 Å². The van der Waals surface area contributed by atoms with Crippen LogP contribution in [0, 0.1) is 12.8 Å². The van der Waals surface area contributed by atoms with E-state index >= 15 is 0 Å². The zero-order valence-corrected chi connectivity index (χ0v) is 14.6. The Bertz CT molecular complexity index is 671. The van der Waals surface area contributed by atoms with Gasteiger partial charge in [0.25, 0.3) is 5.91 Å². The number of rotatable bonds is 5. The van der Waals surface area contributed by atoms with Crippen molar-refractivity contribution in [1.82, 2.24) is 4.98 Å². The number of carbonyl (C=O) groups is 1. The van der Waals surface area contributed by atoms with Gasteiger partial charge in [-0.1, -0.05) is 29.8 Å². The summed E-state index contributed by atoms with van der Waals surface area (Å²) in [7, 11) is 0. The van der Waals surface area contributed by atoms with Gasteiger partial charge >= 0.3 is 0 Å². The Balaban J connectivity index is 2.08. The second-order valence-electron chi connectivity index (χ2n) is 5.62. The summed E-state index contributed by atoms with van der Waals surface area (Å²) in [5.74, 6) is 0.325. The molecule has 0 spiro atoms. The molecule has 1 heterocycles. The van der Waals surface area contributed by atoms with Crippen LogP contribution in [0.5, 0.6) is 0 Å². The van der Waals surface area contributed by atoms with E-state index in [9.17, 15) is 4.79 Å². The number of aryl methyl sites for hydroxylation is 1. The third-order valence-corrected chi connectivity index (χ3v) is 4.01. The molecule has 2 aromatic rings. The summed E-state index contributed by atoms with van der Waals surface area (Å²) in [6, 6.07) is 9.32. The molecule has 0 aliphatic carbocycles. The van der Waals surface area contributed by atoms with E-state index in [4.69, 9.17) is 0 Å². The average molecular weight is 362 g/mol. The van der Waals surface area contributed by atoms with Crippen molar-refractivity contribution in [3.8, 4) is 0 Å². The molecule has 5 heteroatoms. The molecule has 0 saturated heterocycles. The van der Waals surface area contributed by atoms with Gasteiger partial charge < -0.3 is 10.6 Å². The number of hydrogen-bond acceptors (Lipinski definition) is 3. The van der Waals surface area contributed by atoms with Crippen molar-refractivity contribution in [2.45, 2.75) is 20.8 Å². The lowest BCUT2D eigenvalue weighted by Crippen LogP contribution is -2.15. The lowest BCUT2D eigenvalue weighted by molar-refractivity contribution is 0.102. The highest BCUT2D eigenvalue weighted by atomic mass is 79.9. The summed E-state index contributed by atoms with van der Waals surface area (Å²) in [6.07, 6.45) is 1.64. The minimum Gasteiger partial charge on any atom is -0.385 e. The molecule has 0 atom stereocenters. The number of pyridine rings is 1. The molecule has 2 rings (SSSR count). The lowest BCUT2D eigenvalue weighted by atomic mass is 10.2. The second-order valence-corrected chi connectivity index (χ2v) is 6.48. The van der Waals surface area contributed by atoms with E-state index in [1.165, 1.54) is 0 Å². The monoisotopic (exact) mass is 361 g/mol. The summed E-state index contributed by atoms with van der Waals surface area (Å²) in [6.45, 7) is 7.11. The summed E-state index contributed by atoms with van der Waals surface area (Å²) < 4.78 is 1.02. The van der Waals surface area contributed by atoms with Gasteiger partial charge in [0.2, 0.25) is 0 Å². The van der Waals surface area contributed by atoms with Crippen molar-refractivity contribution in [2.75, 3.05) is 17.2 Å². The Morgan fingerprint density at radius 3 is 2.68 bits per heavy atom. The third kappa shape index (κ3) is 4.56. The smallest absolute Gasteiger partial charge is 0.274 e. The van der Waals surface area contributed by atoms with Gasteiger partial charge in [0.15, 0.2) is 0 Å². The van der Waals surface area contributed by atoms with Gasteiger partial charge in [-0.25, -0.2) is 0 Å². The highest BCUT2D eigenvalue weighted by Crippen LogP contribution is 2.20. The van der Waals surface area contributed by atoms with E-state index in [1.54, 1.807) is 12.3 Å². The summed E-state index contributed by atoms with van der Waals surface area (Å²) in [5, 5.41) is 6.16. The Morgan fingerprint density at radius 2 is 2.00 bits per heavy atom. The normalized spacial score (nSPS) is 10.6. The third-order valence-electron chi connectivity index (χ3n) is 3.12. The van der Waals surface area contributed by atoms with E-state index in [1.807, 2.05) is 31.2 Å². The van der Waals surface area contributed by atoms with E-state index in [0.717, 1.165) is 28.0 Å². The second kappa shape index (κ2) is 7.40.